The maximum atomic E-state index is 13.3. The Bertz CT molecular complexity index is 527. The SMILES string of the molecule is CCN=C(/C(Cl)=C\N)c1cc(F)cc(C(=O)O)c1. The number of carboxylic acids is 1. The van der Waals surface area contributed by atoms with E-state index in [-0.39, 0.29) is 21.9 Å². The molecule has 1 aromatic carbocycles. The van der Waals surface area contributed by atoms with Gasteiger partial charge in [0.15, 0.2) is 0 Å². The third-order valence-corrected chi connectivity index (χ3v) is 2.41. The number of nitrogens with two attached hydrogens (primary N) is 1. The van der Waals surface area contributed by atoms with Gasteiger partial charge in [0.05, 0.1) is 16.3 Å². The monoisotopic (exact) mass is 270 g/mol. The van der Waals surface area contributed by atoms with Gasteiger partial charge in [-0.1, -0.05) is 11.6 Å². The Morgan fingerprint density at radius 3 is 2.61 bits per heavy atom. The molecule has 0 saturated carbocycles. The van der Waals surface area contributed by atoms with Crippen molar-refractivity contribution in [3.05, 3.63) is 46.4 Å². The van der Waals surface area contributed by atoms with Gasteiger partial charge in [-0.25, -0.2) is 9.18 Å². The summed E-state index contributed by atoms with van der Waals surface area (Å²) in [5.74, 6) is -1.89. The van der Waals surface area contributed by atoms with Crippen molar-refractivity contribution in [1.29, 1.82) is 0 Å². The quantitative estimate of drug-likeness (QED) is 0.825. The highest BCUT2D eigenvalue weighted by Crippen LogP contribution is 2.16. The van der Waals surface area contributed by atoms with E-state index in [0.29, 0.717) is 6.54 Å². The Hall–Kier alpha value is -1.88. The van der Waals surface area contributed by atoms with Crippen LogP contribution in [0.1, 0.15) is 22.8 Å². The zero-order valence-electron chi connectivity index (χ0n) is 9.65. The van der Waals surface area contributed by atoms with Crippen LogP contribution in [-0.2, 0) is 0 Å². The first-order chi connectivity index (χ1) is 8.49. The average molecular weight is 271 g/mol. The third-order valence-electron chi connectivity index (χ3n) is 2.11. The molecule has 0 aliphatic carbocycles. The first kappa shape index (κ1) is 14.2. The molecule has 0 bridgehead atoms. The van der Waals surface area contributed by atoms with Crippen LogP contribution in [0.5, 0.6) is 0 Å². The van der Waals surface area contributed by atoms with Crippen LogP contribution in [-0.4, -0.2) is 23.3 Å². The number of hydrogen-bond donors (Lipinski definition) is 2. The molecule has 6 heteroatoms. The van der Waals surface area contributed by atoms with E-state index in [4.69, 9.17) is 22.4 Å². The van der Waals surface area contributed by atoms with Gasteiger partial charge in [0.25, 0.3) is 0 Å². The molecule has 1 aromatic rings. The van der Waals surface area contributed by atoms with E-state index >= 15 is 0 Å². The lowest BCUT2D eigenvalue weighted by atomic mass is 10.1. The van der Waals surface area contributed by atoms with Gasteiger partial charge in [-0.15, -0.1) is 0 Å². The molecule has 0 radical (unpaired) electrons. The molecule has 0 fully saturated rings. The summed E-state index contributed by atoms with van der Waals surface area (Å²) < 4.78 is 13.3. The van der Waals surface area contributed by atoms with E-state index in [1.54, 1.807) is 6.92 Å². The summed E-state index contributed by atoms with van der Waals surface area (Å²) in [5.41, 5.74) is 5.67. The average Bonchev–Trinajstić information content (AvgIpc) is 2.34. The van der Waals surface area contributed by atoms with Gasteiger partial charge in [-0.3, -0.25) is 4.99 Å². The highest BCUT2D eigenvalue weighted by molar-refractivity contribution is 6.46. The van der Waals surface area contributed by atoms with Crippen LogP contribution < -0.4 is 5.73 Å². The summed E-state index contributed by atoms with van der Waals surface area (Å²) in [6.07, 6.45) is 1.13. The normalized spacial score (nSPS) is 12.6. The highest BCUT2D eigenvalue weighted by atomic mass is 35.5. The Balaban J connectivity index is 3.38. The molecule has 0 spiro atoms. The predicted octanol–water partition coefficient (Wildman–Crippen LogP) is 2.37. The van der Waals surface area contributed by atoms with E-state index in [0.717, 1.165) is 18.3 Å². The lowest BCUT2D eigenvalue weighted by Crippen LogP contribution is -2.07. The molecule has 0 atom stereocenters. The molecule has 96 valence electrons. The van der Waals surface area contributed by atoms with Crippen LogP contribution in [0, 0.1) is 5.82 Å². The van der Waals surface area contributed by atoms with Crippen LogP contribution >= 0.6 is 11.6 Å². The zero-order chi connectivity index (χ0) is 13.7. The van der Waals surface area contributed by atoms with Crippen molar-refractivity contribution in [3.63, 3.8) is 0 Å². The fourth-order valence-corrected chi connectivity index (χ4v) is 1.56. The molecule has 0 unspecified atom stereocenters. The second-order valence-electron chi connectivity index (χ2n) is 3.37. The van der Waals surface area contributed by atoms with Crippen LogP contribution in [0.2, 0.25) is 0 Å². The molecule has 0 aliphatic heterocycles. The number of halogens is 2. The summed E-state index contributed by atoms with van der Waals surface area (Å²) in [7, 11) is 0. The third kappa shape index (κ3) is 3.30. The van der Waals surface area contributed by atoms with Crippen LogP contribution in [0.3, 0.4) is 0 Å². The topological polar surface area (TPSA) is 75.7 Å². The minimum atomic E-state index is -1.22. The molecule has 3 N–H and O–H groups in total. The van der Waals surface area contributed by atoms with Gasteiger partial charge >= 0.3 is 5.97 Å². The lowest BCUT2D eigenvalue weighted by molar-refractivity contribution is 0.0696. The summed E-state index contributed by atoms with van der Waals surface area (Å²) in [5, 5.41) is 9.00. The van der Waals surface area contributed by atoms with Crippen molar-refractivity contribution in [2.24, 2.45) is 10.7 Å². The molecular formula is C12H12ClFN2O2. The van der Waals surface area contributed by atoms with E-state index in [1.165, 1.54) is 6.07 Å². The molecule has 0 amide bonds. The van der Waals surface area contributed by atoms with Gasteiger partial charge in [-0.05, 0) is 25.1 Å². The first-order valence-corrected chi connectivity index (χ1v) is 5.53. The van der Waals surface area contributed by atoms with Gasteiger partial charge in [0.2, 0.25) is 0 Å². The van der Waals surface area contributed by atoms with Crippen LogP contribution in [0.4, 0.5) is 4.39 Å². The van der Waals surface area contributed by atoms with Gasteiger partial charge < -0.3 is 10.8 Å². The van der Waals surface area contributed by atoms with Crippen LogP contribution in [0.25, 0.3) is 0 Å². The highest BCUT2D eigenvalue weighted by Gasteiger charge is 2.13. The largest absolute Gasteiger partial charge is 0.478 e. The molecule has 0 saturated heterocycles. The van der Waals surface area contributed by atoms with E-state index in [2.05, 4.69) is 4.99 Å². The molecule has 0 aromatic heterocycles. The van der Waals surface area contributed by atoms with Gasteiger partial charge in [0, 0.05) is 18.3 Å². The van der Waals surface area contributed by atoms with Gasteiger partial charge in [0.1, 0.15) is 5.82 Å². The number of hydrogen-bond acceptors (Lipinski definition) is 3. The fraction of sp³-hybridized carbons (Fsp3) is 0.167. The summed E-state index contributed by atoms with van der Waals surface area (Å²) in [4.78, 5) is 14.9. The van der Waals surface area contributed by atoms with Crippen molar-refractivity contribution < 1.29 is 14.3 Å². The number of aromatic carboxylic acids is 1. The van der Waals surface area contributed by atoms with Crippen molar-refractivity contribution in [3.8, 4) is 0 Å². The summed E-state index contributed by atoms with van der Waals surface area (Å²) >= 11 is 5.86. The standard InChI is InChI=1S/C12H12ClFN2O2/c1-2-16-11(10(13)6-15)7-3-8(12(17)18)5-9(14)4-7/h3-6H,2,15H2,1H3,(H,17,18)/b10-6+,16-11?. The Labute approximate surface area is 109 Å². The molecule has 4 nitrogen and oxygen atoms in total. The lowest BCUT2D eigenvalue weighted by Gasteiger charge is -2.07. The van der Waals surface area contributed by atoms with Crippen molar-refractivity contribution in [2.75, 3.05) is 6.54 Å². The number of carbonyl (C=O) groups is 1. The number of allylic oxidation sites excluding steroid dienone is 1. The van der Waals surface area contributed by atoms with E-state index in [9.17, 15) is 9.18 Å². The number of carboxylic acid groups (broad SMARTS) is 1. The smallest absolute Gasteiger partial charge is 0.335 e. The number of benzene rings is 1. The number of rotatable bonds is 4. The molecule has 0 heterocycles. The maximum Gasteiger partial charge on any atom is 0.335 e. The fourth-order valence-electron chi connectivity index (χ4n) is 1.39. The van der Waals surface area contributed by atoms with Crippen LogP contribution in [0.15, 0.2) is 34.4 Å². The summed E-state index contributed by atoms with van der Waals surface area (Å²) in [6.45, 7) is 2.19. The second-order valence-corrected chi connectivity index (χ2v) is 3.78. The Kier molecular flexibility index (Phi) is 4.85. The van der Waals surface area contributed by atoms with Crippen molar-refractivity contribution in [2.45, 2.75) is 6.92 Å². The van der Waals surface area contributed by atoms with Gasteiger partial charge in [-0.2, -0.15) is 0 Å². The Morgan fingerprint density at radius 1 is 1.50 bits per heavy atom. The molecule has 18 heavy (non-hydrogen) atoms. The summed E-state index contributed by atoms with van der Waals surface area (Å²) in [6, 6.07) is 3.38. The van der Waals surface area contributed by atoms with E-state index < -0.39 is 11.8 Å². The molecular weight excluding hydrogens is 259 g/mol. The maximum absolute atomic E-state index is 13.3. The molecule has 0 aliphatic rings. The molecule has 1 rings (SSSR count). The van der Waals surface area contributed by atoms with E-state index in [1.807, 2.05) is 0 Å². The Morgan fingerprint density at radius 2 is 2.11 bits per heavy atom. The number of aliphatic imine (C=N–C) groups is 1. The van der Waals surface area contributed by atoms with Crippen molar-refractivity contribution >= 4 is 23.3 Å². The second kappa shape index (κ2) is 6.16. The minimum absolute atomic E-state index is 0.138. The first-order valence-electron chi connectivity index (χ1n) is 5.16. The number of nitrogens with zero attached hydrogens (tertiary/aromatic N) is 1. The zero-order valence-corrected chi connectivity index (χ0v) is 10.4. The van der Waals surface area contributed by atoms with Crippen molar-refractivity contribution in [1.82, 2.24) is 0 Å². The minimum Gasteiger partial charge on any atom is -0.478 e. The predicted molar refractivity (Wildman–Crippen MR) is 68.6 cm³/mol.